The molecule has 1 amide bonds. The molecule has 1 aromatic carbocycles. The molecule has 8 heteroatoms. The molecule has 1 N–H and O–H groups in total. The van der Waals surface area contributed by atoms with E-state index >= 15 is 0 Å². The van der Waals surface area contributed by atoms with Crippen molar-refractivity contribution in [1.29, 1.82) is 0 Å². The number of nitrogens with zero attached hydrogens (tertiary/aromatic N) is 5. The highest BCUT2D eigenvalue weighted by molar-refractivity contribution is 5.76. The van der Waals surface area contributed by atoms with Crippen molar-refractivity contribution in [3.63, 3.8) is 0 Å². The molecule has 4 rings (SSSR count). The Morgan fingerprint density at radius 3 is 3.00 bits per heavy atom. The summed E-state index contributed by atoms with van der Waals surface area (Å²) in [7, 11) is 0. The molecule has 0 aliphatic carbocycles. The van der Waals surface area contributed by atoms with Crippen LogP contribution in [0.5, 0.6) is 0 Å². The van der Waals surface area contributed by atoms with E-state index in [1.165, 1.54) is 0 Å². The van der Waals surface area contributed by atoms with Crippen molar-refractivity contribution in [1.82, 2.24) is 24.4 Å². The Morgan fingerprint density at radius 2 is 2.13 bits per heavy atom. The molecule has 0 saturated carbocycles. The first-order valence-corrected chi connectivity index (χ1v) is 10.5. The highest BCUT2D eigenvalue weighted by Gasteiger charge is 2.25. The number of rotatable bonds is 6. The number of nitrogens with one attached hydrogen (secondary N) is 1. The van der Waals surface area contributed by atoms with Gasteiger partial charge in [-0.25, -0.2) is 14.8 Å². The van der Waals surface area contributed by atoms with Gasteiger partial charge in [-0.3, -0.25) is 4.57 Å². The number of anilines is 1. The summed E-state index contributed by atoms with van der Waals surface area (Å²) in [6.45, 7) is 6.04. The van der Waals surface area contributed by atoms with Gasteiger partial charge in [0.1, 0.15) is 12.1 Å². The average Bonchev–Trinajstić information content (AvgIpc) is 3.18. The van der Waals surface area contributed by atoms with Crippen molar-refractivity contribution < 1.29 is 9.53 Å². The molecule has 1 saturated heterocycles. The van der Waals surface area contributed by atoms with Crippen LogP contribution in [0.3, 0.4) is 0 Å². The van der Waals surface area contributed by atoms with Crippen LogP contribution in [-0.2, 0) is 4.74 Å². The van der Waals surface area contributed by atoms with Crippen LogP contribution in [0, 0.1) is 5.92 Å². The Kier molecular flexibility index (Phi) is 6.11. The molecule has 3 aromatic rings. The second kappa shape index (κ2) is 9.11. The van der Waals surface area contributed by atoms with Crippen molar-refractivity contribution in [2.45, 2.75) is 39.2 Å². The van der Waals surface area contributed by atoms with Gasteiger partial charge < -0.3 is 15.0 Å². The van der Waals surface area contributed by atoms with Crippen molar-refractivity contribution in [2.75, 3.05) is 25.0 Å². The number of hydrogen-bond donors (Lipinski definition) is 1. The van der Waals surface area contributed by atoms with E-state index in [0.29, 0.717) is 11.9 Å². The fourth-order valence-corrected chi connectivity index (χ4v) is 3.84. The largest absolute Gasteiger partial charge is 0.447 e. The van der Waals surface area contributed by atoms with Crippen LogP contribution >= 0.6 is 0 Å². The zero-order valence-electron chi connectivity index (χ0n) is 17.5. The van der Waals surface area contributed by atoms with Crippen LogP contribution in [0.25, 0.3) is 16.9 Å². The van der Waals surface area contributed by atoms with Crippen molar-refractivity contribution in [3.8, 4) is 5.82 Å². The molecule has 1 aliphatic heterocycles. The number of para-hydroxylation sites is 2. The SMILES string of the molecule is CC(C)OC(=O)N1CCCC(CCNc2nccc(-n3cnc4ccccc43)n2)C1. The second-order valence-corrected chi connectivity index (χ2v) is 7.94. The molecule has 0 spiro atoms. The fraction of sp³-hybridized carbons (Fsp3) is 0.455. The first-order valence-electron chi connectivity index (χ1n) is 10.5. The predicted molar refractivity (Wildman–Crippen MR) is 116 cm³/mol. The van der Waals surface area contributed by atoms with Crippen LogP contribution in [0.4, 0.5) is 10.7 Å². The van der Waals surface area contributed by atoms with Gasteiger partial charge in [0.05, 0.1) is 17.1 Å². The number of carbonyl (C=O) groups excluding carboxylic acids is 1. The lowest BCUT2D eigenvalue weighted by Gasteiger charge is -2.32. The molecule has 2 aromatic heterocycles. The lowest BCUT2D eigenvalue weighted by Crippen LogP contribution is -2.41. The van der Waals surface area contributed by atoms with Gasteiger partial charge in [0.15, 0.2) is 0 Å². The number of carbonyl (C=O) groups is 1. The third-order valence-corrected chi connectivity index (χ3v) is 5.29. The normalized spacial score (nSPS) is 16.8. The summed E-state index contributed by atoms with van der Waals surface area (Å²) in [5.74, 6) is 1.82. The maximum absolute atomic E-state index is 12.2. The van der Waals surface area contributed by atoms with Crippen LogP contribution in [0.1, 0.15) is 33.1 Å². The molecule has 30 heavy (non-hydrogen) atoms. The van der Waals surface area contributed by atoms with Crippen molar-refractivity contribution in [3.05, 3.63) is 42.9 Å². The molecule has 0 bridgehead atoms. The minimum atomic E-state index is -0.203. The number of aromatic nitrogens is 4. The molecule has 1 unspecified atom stereocenters. The number of likely N-dealkylation sites (tertiary alicyclic amines) is 1. The van der Waals surface area contributed by atoms with E-state index in [0.717, 1.165) is 55.7 Å². The van der Waals surface area contributed by atoms with Crippen LogP contribution < -0.4 is 5.32 Å². The number of amides is 1. The molecule has 1 fully saturated rings. The summed E-state index contributed by atoms with van der Waals surface area (Å²) >= 11 is 0. The van der Waals surface area contributed by atoms with Crippen molar-refractivity contribution >= 4 is 23.1 Å². The Balaban J connectivity index is 1.34. The number of imidazole rings is 1. The summed E-state index contributed by atoms with van der Waals surface area (Å²) in [5, 5.41) is 3.33. The lowest BCUT2D eigenvalue weighted by molar-refractivity contribution is 0.0621. The van der Waals surface area contributed by atoms with E-state index in [9.17, 15) is 4.79 Å². The highest BCUT2D eigenvalue weighted by Crippen LogP contribution is 2.21. The number of fused-ring (bicyclic) bond motifs is 1. The monoisotopic (exact) mass is 408 g/mol. The predicted octanol–water partition coefficient (Wildman–Crippen LogP) is 3.87. The van der Waals surface area contributed by atoms with E-state index in [-0.39, 0.29) is 12.2 Å². The quantitative estimate of drug-likeness (QED) is 0.666. The minimum absolute atomic E-state index is 0.0865. The van der Waals surface area contributed by atoms with Crippen LogP contribution in [0.15, 0.2) is 42.9 Å². The van der Waals surface area contributed by atoms with Gasteiger partial charge in [-0.05, 0) is 57.2 Å². The fourth-order valence-electron chi connectivity index (χ4n) is 3.84. The first-order chi connectivity index (χ1) is 14.6. The molecule has 1 atom stereocenters. The van der Waals surface area contributed by atoms with Gasteiger partial charge in [0, 0.05) is 25.8 Å². The Bertz CT molecular complexity index is 1000. The Hall–Kier alpha value is -3.16. The van der Waals surface area contributed by atoms with E-state index in [1.807, 2.05) is 53.6 Å². The van der Waals surface area contributed by atoms with E-state index in [4.69, 9.17) is 4.74 Å². The summed E-state index contributed by atoms with van der Waals surface area (Å²) in [4.78, 5) is 27.4. The Labute approximate surface area is 176 Å². The van der Waals surface area contributed by atoms with Crippen LogP contribution in [0.2, 0.25) is 0 Å². The summed E-state index contributed by atoms with van der Waals surface area (Å²) in [6.07, 6.45) is 6.33. The molecule has 8 nitrogen and oxygen atoms in total. The average molecular weight is 409 g/mol. The summed E-state index contributed by atoms with van der Waals surface area (Å²) < 4.78 is 7.29. The van der Waals surface area contributed by atoms with Gasteiger partial charge in [0.25, 0.3) is 0 Å². The third-order valence-electron chi connectivity index (χ3n) is 5.29. The topological polar surface area (TPSA) is 85.2 Å². The van der Waals surface area contributed by atoms with Gasteiger partial charge in [-0.2, -0.15) is 4.98 Å². The summed E-state index contributed by atoms with van der Waals surface area (Å²) in [6, 6.07) is 9.85. The maximum Gasteiger partial charge on any atom is 0.410 e. The minimum Gasteiger partial charge on any atom is -0.447 e. The van der Waals surface area contributed by atoms with Gasteiger partial charge in [-0.15, -0.1) is 0 Å². The number of benzene rings is 1. The lowest BCUT2D eigenvalue weighted by atomic mass is 9.95. The molecular weight excluding hydrogens is 380 g/mol. The molecule has 158 valence electrons. The second-order valence-electron chi connectivity index (χ2n) is 7.94. The maximum atomic E-state index is 12.2. The van der Waals surface area contributed by atoms with E-state index in [1.54, 1.807) is 12.5 Å². The summed E-state index contributed by atoms with van der Waals surface area (Å²) in [5.41, 5.74) is 1.95. The molecule has 0 radical (unpaired) electrons. The van der Waals surface area contributed by atoms with E-state index in [2.05, 4.69) is 20.3 Å². The zero-order chi connectivity index (χ0) is 20.9. The number of ether oxygens (including phenoxy) is 1. The van der Waals surface area contributed by atoms with Crippen molar-refractivity contribution in [2.24, 2.45) is 5.92 Å². The first kappa shape index (κ1) is 20.1. The smallest absolute Gasteiger partial charge is 0.410 e. The Morgan fingerprint density at radius 1 is 1.27 bits per heavy atom. The molecule has 3 heterocycles. The van der Waals surface area contributed by atoms with Gasteiger partial charge in [0.2, 0.25) is 5.95 Å². The van der Waals surface area contributed by atoms with E-state index < -0.39 is 0 Å². The zero-order valence-corrected chi connectivity index (χ0v) is 17.5. The van der Waals surface area contributed by atoms with Gasteiger partial charge in [-0.1, -0.05) is 12.1 Å². The molecule has 1 aliphatic rings. The molecular formula is C22H28N6O2. The number of piperidine rings is 1. The standard InChI is InChI=1S/C22H28N6O2/c1-16(2)30-22(29)27-13-5-6-17(14-27)9-11-23-21-24-12-10-20(26-21)28-15-25-18-7-3-4-8-19(18)28/h3-4,7-8,10,12,15-17H,5-6,9,11,13-14H2,1-2H3,(H,23,24,26). The van der Waals surface area contributed by atoms with Gasteiger partial charge >= 0.3 is 6.09 Å². The third kappa shape index (κ3) is 4.69. The number of hydrogen-bond acceptors (Lipinski definition) is 6. The van der Waals surface area contributed by atoms with Crippen LogP contribution in [-0.4, -0.2) is 56.3 Å². The highest BCUT2D eigenvalue weighted by atomic mass is 16.6.